The lowest BCUT2D eigenvalue weighted by atomic mass is 10.1. The number of hydrogen-bond acceptors (Lipinski definition) is 6. The van der Waals surface area contributed by atoms with Gasteiger partial charge in [-0.15, -0.1) is 0 Å². The average molecular weight is 343 g/mol. The van der Waals surface area contributed by atoms with Crippen molar-refractivity contribution >= 4 is 17.6 Å². The Labute approximate surface area is 141 Å². The number of esters is 1. The monoisotopic (exact) mass is 342 g/mol. The molecule has 0 aromatic heterocycles. The van der Waals surface area contributed by atoms with Crippen LogP contribution in [0.1, 0.15) is 23.2 Å². The van der Waals surface area contributed by atoms with Gasteiger partial charge in [0.25, 0.3) is 0 Å². The Morgan fingerprint density at radius 1 is 1.48 bits per heavy atom. The summed E-state index contributed by atoms with van der Waals surface area (Å²) in [5.74, 6) is 0.0210. The number of ether oxygens (including phenoxy) is 2. The summed E-state index contributed by atoms with van der Waals surface area (Å²) >= 11 is 5.94. The predicted molar refractivity (Wildman–Crippen MR) is 87.9 cm³/mol. The first-order valence-electron chi connectivity index (χ1n) is 7.68. The fraction of sp³-hybridized carbons (Fsp3) is 0.562. The summed E-state index contributed by atoms with van der Waals surface area (Å²) in [7, 11) is 1.33. The first kappa shape index (κ1) is 18.0. The van der Waals surface area contributed by atoms with E-state index < -0.39 is 12.1 Å². The van der Waals surface area contributed by atoms with Crippen LogP contribution in [-0.4, -0.2) is 61.5 Å². The summed E-state index contributed by atoms with van der Waals surface area (Å²) in [6.45, 7) is 2.49. The number of methoxy groups -OCH3 is 1. The highest BCUT2D eigenvalue weighted by atomic mass is 35.5. The van der Waals surface area contributed by atoms with E-state index >= 15 is 0 Å². The van der Waals surface area contributed by atoms with Crippen molar-refractivity contribution in [1.29, 1.82) is 0 Å². The number of β-amino-alcohol motifs (C(OH)–C–C–N with tert-alkyl or cyclic N) is 1. The van der Waals surface area contributed by atoms with E-state index in [1.165, 1.54) is 7.11 Å². The molecule has 0 radical (unpaired) electrons. The molecule has 1 aliphatic heterocycles. The second-order valence-electron chi connectivity index (χ2n) is 5.64. The van der Waals surface area contributed by atoms with Crippen molar-refractivity contribution in [1.82, 2.24) is 4.90 Å². The van der Waals surface area contributed by atoms with Crippen molar-refractivity contribution in [2.45, 2.75) is 25.0 Å². The van der Waals surface area contributed by atoms with Crippen LogP contribution < -0.4 is 10.5 Å². The largest absolute Gasteiger partial charge is 0.489 e. The van der Waals surface area contributed by atoms with Gasteiger partial charge in [0.2, 0.25) is 0 Å². The SMILES string of the molecule is COC(=O)c1cc(Cl)ccc1OC1CCN(C[C@H](O)CN)CC1. The van der Waals surface area contributed by atoms with Gasteiger partial charge in [-0.25, -0.2) is 4.79 Å². The molecule has 0 unspecified atom stereocenters. The Balaban J connectivity index is 1.95. The van der Waals surface area contributed by atoms with Crippen molar-refractivity contribution in [3.63, 3.8) is 0 Å². The molecule has 1 atom stereocenters. The van der Waals surface area contributed by atoms with Crippen LogP contribution >= 0.6 is 11.6 Å². The molecule has 1 aromatic rings. The van der Waals surface area contributed by atoms with Crippen molar-refractivity contribution in [2.75, 3.05) is 33.3 Å². The van der Waals surface area contributed by atoms with E-state index in [-0.39, 0.29) is 12.6 Å². The van der Waals surface area contributed by atoms with E-state index in [1.807, 2.05) is 0 Å². The second-order valence-corrected chi connectivity index (χ2v) is 6.08. The number of carbonyl (C=O) groups is 1. The van der Waals surface area contributed by atoms with Crippen LogP contribution in [0.3, 0.4) is 0 Å². The highest BCUT2D eigenvalue weighted by Gasteiger charge is 2.24. The minimum absolute atomic E-state index is 0.0193. The summed E-state index contributed by atoms with van der Waals surface area (Å²) in [5, 5.41) is 10.1. The van der Waals surface area contributed by atoms with E-state index in [2.05, 4.69) is 4.90 Å². The van der Waals surface area contributed by atoms with E-state index in [0.717, 1.165) is 25.9 Å². The van der Waals surface area contributed by atoms with Crippen LogP contribution in [0.25, 0.3) is 0 Å². The van der Waals surface area contributed by atoms with Gasteiger partial charge in [-0.2, -0.15) is 0 Å². The lowest BCUT2D eigenvalue weighted by molar-refractivity contribution is 0.0554. The Hall–Kier alpha value is -1.34. The fourth-order valence-corrected chi connectivity index (χ4v) is 2.81. The molecule has 23 heavy (non-hydrogen) atoms. The maximum Gasteiger partial charge on any atom is 0.341 e. The summed E-state index contributed by atoms with van der Waals surface area (Å²) < 4.78 is 10.7. The molecular weight excluding hydrogens is 320 g/mol. The first-order valence-corrected chi connectivity index (χ1v) is 8.06. The van der Waals surface area contributed by atoms with Crippen LogP contribution in [0, 0.1) is 0 Å². The van der Waals surface area contributed by atoms with Gasteiger partial charge in [0, 0.05) is 31.2 Å². The van der Waals surface area contributed by atoms with Gasteiger partial charge in [-0.1, -0.05) is 11.6 Å². The van der Waals surface area contributed by atoms with E-state index in [9.17, 15) is 9.90 Å². The van der Waals surface area contributed by atoms with Crippen LogP contribution in [0.15, 0.2) is 18.2 Å². The highest BCUT2D eigenvalue weighted by molar-refractivity contribution is 6.31. The molecule has 7 heteroatoms. The minimum Gasteiger partial charge on any atom is -0.489 e. The predicted octanol–water partition coefficient (Wildman–Crippen LogP) is 1.29. The molecular formula is C16H23ClN2O4. The number of aliphatic hydroxyl groups is 1. The normalized spacial score (nSPS) is 17.7. The molecule has 0 saturated carbocycles. The van der Waals surface area contributed by atoms with Gasteiger partial charge in [0.15, 0.2) is 0 Å². The highest BCUT2D eigenvalue weighted by Crippen LogP contribution is 2.27. The zero-order valence-corrected chi connectivity index (χ0v) is 14.0. The minimum atomic E-state index is -0.491. The summed E-state index contributed by atoms with van der Waals surface area (Å²) in [5.41, 5.74) is 5.77. The lowest BCUT2D eigenvalue weighted by Crippen LogP contribution is -2.43. The number of aliphatic hydroxyl groups excluding tert-OH is 1. The van der Waals surface area contributed by atoms with Crippen LogP contribution in [0.2, 0.25) is 5.02 Å². The maximum absolute atomic E-state index is 11.8. The van der Waals surface area contributed by atoms with Gasteiger partial charge >= 0.3 is 5.97 Å². The first-order chi connectivity index (χ1) is 11.0. The van der Waals surface area contributed by atoms with Crippen molar-refractivity contribution in [3.8, 4) is 5.75 Å². The van der Waals surface area contributed by atoms with Gasteiger partial charge < -0.3 is 25.2 Å². The smallest absolute Gasteiger partial charge is 0.341 e. The standard InChI is InChI=1S/C16H23ClN2O4/c1-22-16(21)14-8-11(17)2-3-15(14)23-13-4-6-19(7-5-13)10-12(20)9-18/h2-3,8,12-13,20H,4-7,9-10,18H2,1H3/t12-/m1/s1. The molecule has 1 heterocycles. The van der Waals surface area contributed by atoms with Gasteiger partial charge in [0.05, 0.1) is 13.2 Å². The number of rotatable bonds is 6. The number of piperidine rings is 1. The van der Waals surface area contributed by atoms with E-state index in [1.54, 1.807) is 18.2 Å². The zero-order chi connectivity index (χ0) is 16.8. The van der Waals surface area contributed by atoms with Crippen molar-refractivity contribution in [3.05, 3.63) is 28.8 Å². The lowest BCUT2D eigenvalue weighted by Gasteiger charge is -2.33. The molecule has 0 amide bonds. The summed E-state index contributed by atoms with van der Waals surface area (Å²) in [6.07, 6.45) is 1.17. The molecule has 128 valence electrons. The zero-order valence-electron chi connectivity index (χ0n) is 13.2. The number of likely N-dealkylation sites (tertiary alicyclic amines) is 1. The van der Waals surface area contributed by atoms with Gasteiger partial charge in [-0.05, 0) is 31.0 Å². The number of nitrogens with two attached hydrogens (primary N) is 1. The Bertz CT molecular complexity index is 533. The fourth-order valence-electron chi connectivity index (χ4n) is 2.64. The van der Waals surface area contributed by atoms with Crippen LogP contribution in [0.4, 0.5) is 0 Å². The van der Waals surface area contributed by atoms with Crippen molar-refractivity contribution < 1.29 is 19.4 Å². The third kappa shape index (κ3) is 5.07. The summed E-state index contributed by atoms with van der Waals surface area (Å²) in [6, 6.07) is 4.94. The molecule has 1 aliphatic rings. The third-order valence-corrected chi connectivity index (χ3v) is 4.15. The quantitative estimate of drug-likeness (QED) is 0.758. The maximum atomic E-state index is 11.8. The van der Waals surface area contributed by atoms with Crippen molar-refractivity contribution in [2.24, 2.45) is 5.73 Å². The third-order valence-electron chi connectivity index (χ3n) is 3.92. The van der Waals surface area contributed by atoms with Gasteiger partial charge in [-0.3, -0.25) is 0 Å². The molecule has 0 bridgehead atoms. The summed E-state index contributed by atoms with van der Waals surface area (Å²) in [4.78, 5) is 14.0. The molecule has 3 N–H and O–H groups in total. The van der Waals surface area contributed by atoms with E-state index in [4.69, 9.17) is 26.8 Å². The number of benzene rings is 1. The second kappa shape index (κ2) is 8.49. The molecule has 1 saturated heterocycles. The average Bonchev–Trinajstić information content (AvgIpc) is 2.57. The molecule has 6 nitrogen and oxygen atoms in total. The van der Waals surface area contributed by atoms with Gasteiger partial charge in [0.1, 0.15) is 17.4 Å². The number of carbonyl (C=O) groups excluding carboxylic acids is 1. The topological polar surface area (TPSA) is 85.0 Å². The number of halogens is 1. The Morgan fingerprint density at radius 3 is 2.78 bits per heavy atom. The van der Waals surface area contributed by atoms with Crippen LogP contribution in [0.5, 0.6) is 5.75 Å². The number of nitrogens with zero attached hydrogens (tertiary/aromatic N) is 1. The molecule has 1 fully saturated rings. The number of hydrogen-bond donors (Lipinski definition) is 2. The molecule has 1 aromatic carbocycles. The molecule has 0 aliphatic carbocycles. The Kier molecular flexibility index (Phi) is 6.65. The molecule has 2 rings (SSSR count). The van der Waals surface area contributed by atoms with Crippen LogP contribution in [-0.2, 0) is 4.74 Å². The van der Waals surface area contributed by atoms with E-state index in [0.29, 0.717) is 22.9 Å². The Morgan fingerprint density at radius 2 is 2.17 bits per heavy atom. The molecule has 0 spiro atoms.